The van der Waals surface area contributed by atoms with Gasteiger partial charge >= 0.3 is 0 Å². The lowest BCUT2D eigenvalue weighted by molar-refractivity contribution is 0.617. The summed E-state index contributed by atoms with van der Waals surface area (Å²) < 4.78 is 5.81. The van der Waals surface area contributed by atoms with Crippen molar-refractivity contribution in [2.45, 2.75) is 0 Å². The van der Waals surface area contributed by atoms with E-state index in [1.54, 1.807) is 18.2 Å². The number of terminal acetylenes is 1. The first-order chi connectivity index (χ1) is 9.31. The normalized spacial score (nSPS) is 10.3. The molecule has 0 radical (unpaired) electrons. The van der Waals surface area contributed by atoms with Crippen molar-refractivity contribution in [1.82, 2.24) is 0 Å². The van der Waals surface area contributed by atoms with E-state index in [9.17, 15) is 4.79 Å². The van der Waals surface area contributed by atoms with Crippen molar-refractivity contribution in [3.8, 4) is 23.7 Å². The molecule has 2 nitrogen and oxygen atoms in total. The van der Waals surface area contributed by atoms with Crippen LogP contribution in [-0.2, 0) is 0 Å². The number of hydrogen-bond acceptors (Lipinski definition) is 2. The van der Waals surface area contributed by atoms with Gasteiger partial charge in [-0.1, -0.05) is 48.4 Å². The van der Waals surface area contributed by atoms with Gasteiger partial charge in [-0.15, -0.1) is 6.42 Å². The van der Waals surface area contributed by atoms with Crippen LogP contribution in [-0.4, -0.2) is 0 Å². The van der Waals surface area contributed by atoms with Crippen molar-refractivity contribution in [2.75, 3.05) is 0 Å². The van der Waals surface area contributed by atoms with E-state index < -0.39 is 0 Å². The second-order valence-corrected chi connectivity index (χ2v) is 4.14. The molecule has 0 bridgehead atoms. The summed E-state index contributed by atoms with van der Waals surface area (Å²) >= 11 is 0. The van der Waals surface area contributed by atoms with Crippen LogP contribution in [0.3, 0.4) is 0 Å². The maximum absolute atomic E-state index is 12.4. The SMILES string of the molecule is C#Cc1c(-c2ccccc2)oc2ccccc2c1=O. The Morgan fingerprint density at radius 1 is 0.947 bits per heavy atom. The summed E-state index contributed by atoms with van der Waals surface area (Å²) in [6, 6.07) is 16.5. The van der Waals surface area contributed by atoms with Crippen LogP contribution in [0.5, 0.6) is 0 Å². The largest absolute Gasteiger partial charge is 0.454 e. The molecule has 3 aromatic rings. The molecule has 0 unspecified atom stereocenters. The second kappa shape index (κ2) is 4.47. The Kier molecular flexibility index (Phi) is 2.66. The molecule has 0 spiro atoms. The van der Waals surface area contributed by atoms with Crippen molar-refractivity contribution < 1.29 is 4.42 Å². The van der Waals surface area contributed by atoms with Crippen molar-refractivity contribution in [3.63, 3.8) is 0 Å². The van der Waals surface area contributed by atoms with Gasteiger partial charge in [0.15, 0.2) is 5.76 Å². The van der Waals surface area contributed by atoms with Crippen LogP contribution in [0.4, 0.5) is 0 Å². The zero-order chi connectivity index (χ0) is 13.2. The molecular weight excluding hydrogens is 236 g/mol. The molecule has 2 aromatic carbocycles. The molecule has 0 saturated carbocycles. The standard InChI is InChI=1S/C17H10O2/c1-2-13-16(18)14-10-6-7-11-15(14)19-17(13)12-8-4-3-5-9-12/h1,3-11H. The molecule has 1 aromatic heterocycles. The van der Waals surface area contributed by atoms with Crippen LogP contribution in [0.25, 0.3) is 22.3 Å². The number of para-hydroxylation sites is 1. The fourth-order valence-corrected chi connectivity index (χ4v) is 2.07. The van der Waals surface area contributed by atoms with Gasteiger partial charge in [-0.05, 0) is 12.1 Å². The van der Waals surface area contributed by atoms with Gasteiger partial charge in [-0.25, -0.2) is 0 Å². The second-order valence-electron chi connectivity index (χ2n) is 4.14. The minimum Gasteiger partial charge on any atom is -0.454 e. The number of rotatable bonds is 1. The highest BCUT2D eigenvalue weighted by atomic mass is 16.3. The van der Waals surface area contributed by atoms with Crippen LogP contribution in [0, 0.1) is 12.3 Å². The van der Waals surface area contributed by atoms with Gasteiger partial charge in [-0.3, -0.25) is 4.79 Å². The van der Waals surface area contributed by atoms with Gasteiger partial charge in [0, 0.05) is 5.56 Å². The number of hydrogen-bond donors (Lipinski definition) is 0. The molecule has 90 valence electrons. The minimum atomic E-state index is -0.164. The topological polar surface area (TPSA) is 30.2 Å². The minimum absolute atomic E-state index is 0.164. The van der Waals surface area contributed by atoms with Crippen molar-refractivity contribution in [2.24, 2.45) is 0 Å². The highest BCUT2D eigenvalue weighted by Crippen LogP contribution is 2.25. The first-order valence-corrected chi connectivity index (χ1v) is 5.89. The molecule has 1 heterocycles. The van der Waals surface area contributed by atoms with Gasteiger partial charge < -0.3 is 4.42 Å². The molecule has 0 aliphatic carbocycles. The van der Waals surface area contributed by atoms with E-state index in [-0.39, 0.29) is 11.0 Å². The predicted octanol–water partition coefficient (Wildman–Crippen LogP) is 3.44. The van der Waals surface area contributed by atoms with Crippen molar-refractivity contribution in [1.29, 1.82) is 0 Å². The maximum atomic E-state index is 12.4. The average molecular weight is 246 g/mol. The molecule has 2 heteroatoms. The summed E-state index contributed by atoms with van der Waals surface area (Å²) in [5.74, 6) is 2.90. The summed E-state index contributed by atoms with van der Waals surface area (Å²) in [6.07, 6.45) is 5.47. The van der Waals surface area contributed by atoms with Gasteiger partial charge in [0.2, 0.25) is 5.43 Å². The highest BCUT2D eigenvalue weighted by molar-refractivity contribution is 5.81. The Hall–Kier alpha value is -2.79. The van der Waals surface area contributed by atoms with E-state index >= 15 is 0 Å². The predicted molar refractivity (Wildman–Crippen MR) is 75.9 cm³/mol. The third-order valence-electron chi connectivity index (χ3n) is 2.98. The third-order valence-corrected chi connectivity index (χ3v) is 2.98. The van der Waals surface area contributed by atoms with Crippen molar-refractivity contribution >= 4 is 11.0 Å². The molecule has 0 atom stereocenters. The summed E-state index contributed by atoms with van der Waals surface area (Å²) in [5.41, 5.74) is 1.46. The van der Waals surface area contributed by atoms with Crippen molar-refractivity contribution in [3.05, 3.63) is 70.4 Å². The van der Waals surface area contributed by atoms with E-state index in [2.05, 4.69) is 5.92 Å². The lowest BCUT2D eigenvalue weighted by Crippen LogP contribution is -2.07. The molecule has 0 fully saturated rings. The van der Waals surface area contributed by atoms with E-state index in [1.165, 1.54) is 0 Å². The van der Waals surface area contributed by atoms with Crippen LogP contribution in [0.2, 0.25) is 0 Å². The van der Waals surface area contributed by atoms with Crippen LogP contribution in [0.1, 0.15) is 5.56 Å². The first-order valence-electron chi connectivity index (χ1n) is 5.89. The molecular formula is C17H10O2. The molecule has 0 saturated heterocycles. The molecule has 0 aliphatic rings. The molecule has 0 N–H and O–H groups in total. The smallest absolute Gasteiger partial charge is 0.208 e. The van der Waals surface area contributed by atoms with Gasteiger partial charge in [-0.2, -0.15) is 0 Å². The van der Waals surface area contributed by atoms with Crippen LogP contribution < -0.4 is 5.43 Å². The Bertz CT molecular complexity index is 837. The van der Waals surface area contributed by atoms with Gasteiger partial charge in [0.25, 0.3) is 0 Å². The Balaban J connectivity index is 2.44. The Morgan fingerprint density at radius 2 is 1.63 bits per heavy atom. The fourth-order valence-electron chi connectivity index (χ4n) is 2.07. The summed E-state index contributed by atoms with van der Waals surface area (Å²) in [4.78, 5) is 12.4. The fraction of sp³-hybridized carbons (Fsp3) is 0. The monoisotopic (exact) mass is 246 g/mol. The summed E-state index contributed by atoms with van der Waals surface area (Å²) in [6.45, 7) is 0. The van der Waals surface area contributed by atoms with E-state index in [1.807, 2.05) is 36.4 Å². The maximum Gasteiger partial charge on any atom is 0.208 e. The quantitative estimate of drug-likeness (QED) is 0.616. The molecule has 0 amide bonds. The third kappa shape index (κ3) is 1.82. The van der Waals surface area contributed by atoms with Gasteiger partial charge in [0.05, 0.1) is 5.39 Å². The molecule has 19 heavy (non-hydrogen) atoms. The summed E-state index contributed by atoms with van der Waals surface area (Å²) in [7, 11) is 0. The number of fused-ring (bicyclic) bond motifs is 1. The average Bonchev–Trinajstić information content (AvgIpc) is 2.48. The Morgan fingerprint density at radius 3 is 2.37 bits per heavy atom. The van der Waals surface area contributed by atoms with Gasteiger partial charge in [0.1, 0.15) is 11.1 Å². The van der Waals surface area contributed by atoms with Crippen LogP contribution >= 0.6 is 0 Å². The van der Waals surface area contributed by atoms with E-state index in [4.69, 9.17) is 10.8 Å². The highest BCUT2D eigenvalue weighted by Gasteiger charge is 2.13. The molecule has 3 rings (SSSR count). The zero-order valence-corrected chi connectivity index (χ0v) is 10.1. The number of benzene rings is 2. The summed E-state index contributed by atoms with van der Waals surface area (Å²) in [5, 5.41) is 0.509. The first kappa shape index (κ1) is 11.3. The molecule has 0 aliphatic heterocycles. The van der Waals surface area contributed by atoms with E-state index in [0.717, 1.165) is 5.56 Å². The van der Waals surface area contributed by atoms with E-state index in [0.29, 0.717) is 16.7 Å². The lowest BCUT2D eigenvalue weighted by atomic mass is 10.1. The van der Waals surface area contributed by atoms with Crippen LogP contribution in [0.15, 0.2) is 63.8 Å². The lowest BCUT2D eigenvalue weighted by Gasteiger charge is -2.05. The zero-order valence-electron chi connectivity index (χ0n) is 10.1. The Labute approximate surface area is 110 Å².